The summed E-state index contributed by atoms with van der Waals surface area (Å²) in [5.74, 6) is -0.136. The fraction of sp³-hybridized carbons (Fsp3) is 0.278. The van der Waals surface area contributed by atoms with Crippen molar-refractivity contribution in [2.45, 2.75) is 6.54 Å². The molecule has 0 aliphatic carbocycles. The van der Waals surface area contributed by atoms with Gasteiger partial charge in [0, 0.05) is 56.2 Å². The van der Waals surface area contributed by atoms with Gasteiger partial charge in [-0.15, -0.1) is 11.3 Å². The number of halogens is 1. The number of piperazine rings is 1. The molecule has 0 amide bonds. The third-order valence-corrected chi connectivity index (χ3v) is 5.18. The molecule has 24 heavy (non-hydrogen) atoms. The third kappa shape index (κ3) is 3.07. The number of aromatic nitrogens is 2. The molecule has 3 aromatic rings. The molecule has 4 rings (SSSR count). The predicted octanol–water partition coefficient (Wildman–Crippen LogP) is 3.40. The fourth-order valence-corrected chi connectivity index (χ4v) is 3.81. The summed E-state index contributed by atoms with van der Waals surface area (Å²) < 4.78 is 16.1. The first-order chi connectivity index (χ1) is 11.8. The maximum absolute atomic E-state index is 13.9. The van der Waals surface area contributed by atoms with Gasteiger partial charge in [0.2, 0.25) is 0 Å². The van der Waals surface area contributed by atoms with Crippen molar-refractivity contribution in [3.8, 4) is 5.13 Å². The maximum Gasteiger partial charge on any atom is 0.193 e. The number of para-hydroxylation sites is 1. The van der Waals surface area contributed by atoms with E-state index in [9.17, 15) is 4.39 Å². The Morgan fingerprint density at radius 3 is 2.62 bits per heavy atom. The van der Waals surface area contributed by atoms with Crippen LogP contribution in [0.15, 0.2) is 54.2 Å². The van der Waals surface area contributed by atoms with E-state index in [4.69, 9.17) is 0 Å². The lowest BCUT2D eigenvalue weighted by Crippen LogP contribution is -2.46. The molecule has 0 saturated carbocycles. The number of benzene rings is 1. The molecule has 1 aromatic carbocycles. The molecule has 0 bridgehead atoms. The van der Waals surface area contributed by atoms with Crippen LogP contribution in [-0.2, 0) is 6.54 Å². The Morgan fingerprint density at radius 1 is 1.04 bits per heavy atom. The van der Waals surface area contributed by atoms with Gasteiger partial charge in [-0.3, -0.25) is 9.47 Å². The second-order valence-electron chi connectivity index (χ2n) is 5.90. The standard InChI is InChI=1S/C18H19FN4S/c19-16-5-1-2-6-17(16)22-11-9-21(10-12-22)14-15-4-3-8-23(15)18-20-7-13-24-18/h1-8,13H,9-12,14H2. The minimum atomic E-state index is -0.136. The Kier molecular flexibility index (Phi) is 4.32. The molecule has 0 spiro atoms. The number of thiazole rings is 1. The van der Waals surface area contributed by atoms with Crippen molar-refractivity contribution in [1.82, 2.24) is 14.5 Å². The molecular formula is C18H19FN4S. The number of hydrogen-bond acceptors (Lipinski definition) is 4. The molecular weight excluding hydrogens is 323 g/mol. The normalized spacial score (nSPS) is 15.8. The average Bonchev–Trinajstić information content (AvgIpc) is 3.27. The van der Waals surface area contributed by atoms with Crippen molar-refractivity contribution in [3.63, 3.8) is 0 Å². The Balaban J connectivity index is 1.41. The van der Waals surface area contributed by atoms with Gasteiger partial charge in [-0.05, 0) is 24.3 Å². The van der Waals surface area contributed by atoms with E-state index < -0.39 is 0 Å². The van der Waals surface area contributed by atoms with Gasteiger partial charge in [0.05, 0.1) is 5.69 Å². The van der Waals surface area contributed by atoms with E-state index >= 15 is 0 Å². The van der Waals surface area contributed by atoms with Crippen LogP contribution < -0.4 is 4.90 Å². The maximum atomic E-state index is 13.9. The number of anilines is 1. The minimum absolute atomic E-state index is 0.136. The number of rotatable bonds is 4. The molecule has 2 aromatic heterocycles. The Bertz CT molecular complexity index is 791. The van der Waals surface area contributed by atoms with Crippen LogP contribution in [0.25, 0.3) is 5.13 Å². The summed E-state index contributed by atoms with van der Waals surface area (Å²) >= 11 is 1.64. The van der Waals surface area contributed by atoms with Gasteiger partial charge in [0.1, 0.15) is 5.82 Å². The largest absolute Gasteiger partial charge is 0.367 e. The molecule has 1 aliphatic rings. The molecule has 3 heterocycles. The predicted molar refractivity (Wildman–Crippen MR) is 95.3 cm³/mol. The van der Waals surface area contributed by atoms with E-state index in [0.717, 1.165) is 37.9 Å². The summed E-state index contributed by atoms with van der Waals surface area (Å²) in [6, 6.07) is 11.2. The van der Waals surface area contributed by atoms with E-state index in [2.05, 4.69) is 37.7 Å². The van der Waals surface area contributed by atoms with Crippen molar-refractivity contribution in [2.75, 3.05) is 31.1 Å². The van der Waals surface area contributed by atoms with Crippen molar-refractivity contribution in [2.24, 2.45) is 0 Å². The van der Waals surface area contributed by atoms with E-state index in [1.54, 1.807) is 17.4 Å². The Hall–Kier alpha value is -2.18. The van der Waals surface area contributed by atoms with Crippen molar-refractivity contribution in [1.29, 1.82) is 0 Å². The molecule has 4 nitrogen and oxygen atoms in total. The highest BCUT2D eigenvalue weighted by Crippen LogP contribution is 2.21. The van der Waals surface area contributed by atoms with Crippen molar-refractivity contribution < 1.29 is 4.39 Å². The van der Waals surface area contributed by atoms with E-state index in [1.807, 2.05) is 23.7 Å². The minimum Gasteiger partial charge on any atom is -0.367 e. The van der Waals surface area contributed by atoms with Gasteiger partial charge in [0.15, 0.2) is 5.13 Å². The number of hydrogen-bond donors (Lipinski definition) is 0. The van der Waals surface area contributed by atoms with Gasteiger partial charge in [-0.1, -0.05) is 12.1 Å². The molecule has 0 atom stereocenters. The van der Waals surface area contributed by atoms with Gasteiger partial charge < -0.3 is 4.90 Å². The van der Waals surface area contributed by atoms with Crippen LogP contribution in [0.3, 0.4) is 0 Å². The molecule has 0 N–H and O–H groups in total. The van der Waals surface area contributed by atoms with E-state index in [-0.39, 0.29) is 5.82 Å². The Morgan fingerprint density at radius 2 is 1.88 bits per heavy atom. The van der Waals surface area contributed by atoms with E-state index in [0.29, 0.717) is 5.69 Å². The topological polar surface area (TPSA) is 24.3 Å². The van der Waals surface area contributed by atoms with Crippen molar-refractivity contribution >= 4 is 17.0 Å². The Labute approximate surface area is 144 Å². The van der Waals surface area contributed by atoms with Crippen molar-refractivity contribution in [3.05, 3.63) is 65.7 Å². The van der Waals surface area contributed by atoms with Gasteiger partial charge >= 0.3 is 0 Å². The molecule has 0 unspecified atom stereocenters. The van der Waals surface area contributed by atoms with Gasteiger partial charge in [-0.25, -0.2) is 9.37 Å². The highest BCUT2D eigenvalue weighted by Gasteiger charge is 2.20. The zero-order chi connectivity index (χ0) is 16.4. The smallest absolute Gasteiger partial charge is 0.193 e. The first-order valence-electron chi connectivity index (χ1n) is 8.09. The fourth-order valence-electron chi connectivity index (χ4n) is 3.15. The summed E-state index contributed by atoms with van der Waals surface area (Å²) in [6.45, 7) is 4.43. The van der Waals surface area contributed by atoms with Crippen LogP contribution in [0.2, 0.25) is 0 Å². The lowest BCUT2D eigenvalue weighted by molar-refractivity contribution is 0.245. The SMILES string of the molecule is Fc1ccccc1N1CCN(Cc2cccn2-c2nccs2)CC1. The van der Waals surface area contributed by atoms with Crippen LogP contribution >= 0.6 is 11.3 Å². The third-order valence-electron chi connectivity index (χ3n) is 4.41. The first-order valence-corrected chi connectivity index (χ1v) is 8.97. The van der Waals surface area contributed by atoms with E-state index in [1.165, 1.54) is 11.8 Å². The lowest BCUT2D eigenvalue weighted by Gasteiger charge is -2.36. The second kappa shape index (κ2) is 6.75. The quantitative estimate of drug-likeness (QED) is 0.726. The summed E-state index contributed by atoms with van der Waals surface area (Å²) in [4.78, 5) is 8.93. The summed E-state index contributed by atoms with van der Waals surface area (Å²) in [5, 5.41) is 2.99. The summed E-state index contributed by atoms with van der Waals surface area (Å²) in [5.41, 5.74) is 1.95. The van der Waals surface area contributed by atoms with Crippen LogP contribution in [0.1, 0.15) is 5.69 Å². The summed E-state index contributed by atoms with van der Waals surface area (Å²) in [6.07, 6.45) is 3.89. The highest BCUT2D eigenvalue weighted by molar-refractivity contribution is 7.12. The van der Waals surface area contributed by atoms with Gasteiger partial charge in [-0.2, -0.15) is 0 Å². The van der Waals surface area contributed by atoms with Crippen LogP contribution in [0.5, 0.6) is 0 Å². The highest BCUT2D eigenvalue weighted by atomic mass is 32.1. The molecule has 0 radical (unpaired) electrons. The first kappa shape index (κ1) is 15.4. The van der Waals surface area contributed by atoms with Gasteiger partial charge in [0.25, 0.3) is 0 Å². The molecule has 6 heteroatoms. The second-order valence-corrected chi connectivity index (χ2v) is 6.77. The molecule has 124 valence electrons. The summed E-state index contributed by atoms with van der Waals surface area (Å²) in [7, 11) is 0. The molecule has 1 fully saturated rings. The van der Waals surface area contributed by atoms with Crippen LogP contribution in [0.4, 0.5) is 10.1 Å². The molecule has 1 aliphatic heterocycles. The number of nitrogens with zero attached hydrogens (tertiary/aromatic N) is 4. The van der Waals surface area contributed by atoms with Crippen LogP contribution in [-0.4, -0.2) is 40.6 Å². The molecule has 1 saturated heterocycles. The average molecular weight is 342 g/mol. The van der Waals surface area contributed by atoms with Crippen LogP contribution in [0, 0.1) is 5.82 Å². The zero-order valence-corrected chi connectivity index (χ0v) is 14.1. The lowest BCUT2D eigenvalue weighted by atomic mass is 10.2. The zero-order valence-electron chi connectivity index (χ0n) is 13.3. The monoisotopic (exact) mass is 342 g/mol.